The van der Waals surface area contributed by atoms with Gasteiger partial charge in [-0.2, -0.15) is 0 Å². The van der Waals surface area contributed by atoms with E-state index in [0.717, 1.165) is 38.6 Å². The number of unbranched alkanes of at least 4 members (excludes halogenated alkanes) is 1. The first kappa shape index (κ1) is 15.6. The van der Waals surface area contributed by atoms with Gasteiger partial charge in [-0.15, -0.1) is 0 Å². The van der Waals surface area contributed by atoms with Crippen LogP contribution in [0, 0.1) is 17.8 Å². The molecule has 0 aromatic carbocycles. The van der Waals surface area contributed by atoms with Crippen molar-refractivity contribution in [2.75, 3.05) is 6.54 Å². The SMILES string of the molecule is [B]OC(=O)C(CCCC)C1CC(NCC(C)C)C1. The predicted molar refractivity (Wildman–Crippen MR) is 74.2 cm³/mol. The van der Waals surface area contributed by atoms with Gasteiger partial charge in [0.2, 0.25) is 0 Å². The molecule has 1 aliphatic rings. The Morgan fingerprint density at radius 3 is 2.61 bits per heavy atom. The molecule has 1 atom stereocenters. The zero-order valence-electron chi connectivity index (χ0n) is 11.9. The summed E-state index contributed by atoms with van der Waals surface area (Å²) < 4.78 is 4.44. The normalized spacial score (nSPS) is 24.7. The minimum Gasteiger partial charge on any atom is -0.543 e. The van der Waals surface area contributed by atoms with Crippen LogP contribution in [-0.4, -0.2) is 26.6 Å². The molecule has 0 aromatic rings. The Kier molecular flexibility index (Phi) is 6.76. The second kappa shape index (κ2) is 7.83. The molecule has 1 fully saturated rings. The third-order valence-corrected chi connectivity index (χ3v) is 3.85. The third kappa shape index (κ3) is 4.64. The first-order valence-corrected chi connectivity index (χ1v) is 7.22. The standard InChI is InChI=1S/C14H26BNO2/c1-4-5-6-13(14(17)18-15)11-7-12(8-11)16-9-10(2)3/h10-13,16H,4-9H2,1-3H3. The molecule has 0 saturated heterocycles. The Labute approximate surface area is 112 Å². The van der Waals surface area contributed by atoms with Gasteiger partial charge in [0.25, 0.3) is 5.97 Å². The van der Waals surface area contributed by atoms with E-state index in [2.05, 4.69) is 30.7 Å². The molecule has 0 aromatic heterocycles. The van der Waals surface area contributed by atoms with Crippen LogP contribution in [0.25, 0.3) is 0 Å². The highest BCUT2D eigenvalue weighted by Gasteiger charge is 2.38. The molecule has 1 N–H and O–H groups in total. The Bertz CT molecular complexity index is 252. The summed E-state index contributed by atoms with van der Waals surface area (Å²) in [6.45, 7) is 7.61. The van der Waals surface area contributed by atoms with E-state index in [-0.39, 0.29) is 11.9 Å². The van der Waals surface area contributed by atoms with Crippen molar-refractivity contribution in [3.05, 3.63) is 0 Å². The summed E-state index contributed by atoms with van der Waals surface area (Å²) >= 11 is 0. The molecule has 0 amide bonds. The van der Waals surface area contributed by atoms with Crippen molar-refractivity contribution in [1.29, 1.82) is 0 Å². The van der Waals surface area contributed by atoms with Crippen molar-refractivity contribution in [3.63, 3.8) is 0 Å². The van der Waals surface area contributed by atoms with Gasteiger partial charge < -0.3 is 9.97 Å². The molecule has 1 unspecified atom stereocenters. The molecule has 1 saturated carbocycles. The van der Waals surface area contributed by atoms with Crippen LogP contribution >= 0.6 is 0 Å². The number of nitrogens with one attached hydrogen (secondary N) is 1. The summed E-state index contributed by atoms with van der Waals surface area (Å²) in [5.41, 5.74) is 0. The summed E-state index contributed by atoms with van der Waals surface area (Å²) in [6.07, 6.45) is 5.25. The number of carbonyl (C=O) groups is 1. The van der Waals surface area contributed by atoms with Crippen LogP contribution in [0.5, 0.6) is 0 Å². The van der Waals surface area contributed by atoms with Crippen molar-refractivity contribution in [1.82, 2.24) is 5.32 Å². The number of hydrogen-bond acceptors (Lipinski definition) is 3. The maximum absolute atomic E-state index is 11.7. The Morgan fingerprint density at radius 2 is 2.11 bits per heavy atom. The summed E-state index contributed by atoms with van der Waals surface area (Å²) in [5, 5.41) is 3.53. The lowest BCUT2D eigenvalue weighted by atomic mass is 9.70. The second-order valence-corrected chi connectivity index (χ2v) is 5.92. The summed E-state index contributed by atoms with van der Waals surface area (Å²) in [6, 6.07) is 0.576. The molecule has 102 valence electrons. The topological polar surface area (TPSA) is 38.3 Å². The van der Waals surface area contributed by atoms with E-state index in [1.54, 1.807) is 0 Å². The molecule has 0 spiro atoms. The maximum Gasteiger partial charge on any atom is 0.378 e. The fraction of sp³-hybridized carbons (Fsp3) is 0.929. The maximum atomic E-state index is 11.7. The fourth-order valence-corrected chi connectivity index (χ4v) is 2.62. The average molecular weight is 251 g/mol. The predicted octanol–water partition coefficient (Wildman–Crippen LogP) is 2.44. The molecular weight excluding hydrogens is 225 g/mol. The van der Waals surface area contributed by atoms with Crippen molar-refractivity contribution in [2.45, 2.75) is 58.9 Å². The van der Waals surface area contributed by atoms with Crippen molar-refractivity contribution in [2.24, 2.45) is 17.8 Å². The molecule has 2 radical (unpaired) electrons. The van der Waals surface area contributed by atoms with Crippen molar-refractivity contribution >= 4 is 14.0 Å². The van der Waals surface area contributed by atoms with Gasteiger partial charge in [0.15, 0.2) is 0 Å². The largest absolute Gasteiger partial charge is 0.543 e. The van der Waals surface area contributed by atoms with Gasteiger partial charge in [-0.05, 0) is 37.6 Å². The molecular formula is C14H26BNO2. The van der Waals surface area contributed by atoms with Crippen LogP contribution in [0.4, 0.5) is 0 Å². The molecule has 4 heteroatoms. The van der Waals surface area contributed by atoms with Crippen molar-refractivity contribution in [3.8, 4) is 0 Å². The van der Waals surface area contributed by atoms with Gasteiger partial charge in [-0.1, -0.05) is 33.6 Å². The van der Waals surface area contributed by atoms with E-state index >= 15 is 0 Å². The molecule has 18 heavy (non-hydrogen) atoms. The molecule has 0 bridgehead atoms. The number of carbonyl (C=O) groups excluding carboxylic acids is 1. The van der Waals surface area contributed by atoms with Gasteiger partial charge in [0.1, 0.15) is 0 Å². The van der Waals surface area contributed by atoms with E-state index in [1.807, 2.05) is 0 Å². The van der Waals surface area contributed by atoms with Crippen LogP contribution in [0.1, 0.15) is 52.9 Å². The van der Waals surface area contributed by atoms with Gasteiger partial charge in [0, 0.05) is 6.04 Å². The molecule has 0 aliphatic heterocycles. The van der Waals surface area contributed by atoms with Crippen molar-refractivity contribution < 1.29 is 9.45 Å². The van der Waals surface area contributed by atoms with E-state index in [9.17, 15) is 4.79 Å². The Hall–Kier alpha value is -0.505. The van der Waals surface area contributed by atoms with E-state index in [0.29, 0.717) is 17.9 Å². The monoisotopic (exact) mass is 251 g/mol. The molecule has 1 rings (SSSR count). The van der Waals surface area contributed by atoms with Gasteiger partial charge in [-0.25, -0.2) is 0 Å². The minimum atomic E-state index is -0.226. The number of rotatable bonds is 8. The highest BCUT2D eigenvalue weighted by molar-refractivity contribution is 6.05. The van der Waals surface area contributed by atoms with E-state index in [1.165, 1.54) is 0 Å². The van der Waals surface area contributed by atoms with Crippen LogP contribution in [0.15, 0.2) is 0 Å². The van der Waals surface area contributed by atoms with Crippen LogP contribution < -0.4 is 5.32 Å². The fourth-order valence-electron chi connectivity index (χ4n) is 2.62. The Morgan fingerprint density at radius 1 is 1.44 bits per heavy atom. The lowest BCUT2D eigenvalue weighted by molar-refractivity contribution is -0.142. The second-order valence-electron chi connectivity index (χ2n) is 5.92. The highest BCUT2D eigenvalue weighted by Crippen LogP contribution is 2.37. The van der Waals surface area contributed by atoms with Crippen LogP contribution in [0.3, 0.4) is 0 Å². The zero-order valence-corrected chi connectivity index (χ0v) is 11.9. The molecule has 1 aliphatic carbocycles. The van der Waals surface area contributed by atoms with Crippen LogP contribution in [0.2, 0.25) is 0 Å². The molecule has 0 heterocycles. The van der Waals surface area contributed by atoms with Gasteiger partial charge in [-0.3, -0.25) is 4.79 Å². The smallest absolute Gasteiger partial charge is 0.378 e. The van der Waals surface area contributed by atoms with Crippen LogP contribution in [-0.2, 0) is 9.45 Å². The Balaban J connectivity index is 2.31. The first-order valence-electron chi connectivity index (χ1n) is 7.22. The van der Waals surface area contributed by atoms with Gasteiger partial charge >= 0.3 is 8.05 Å². The highest BCUT2D eigenvalue weighted by atomic mass is 16.5. The van der Waals surface area contributed by atoms with E-state index < -0.39 is 0 Å². The number of hydrogen-bond donors (Lipinski definition) is 1. The first-order chi connectivity index (χ1) is 8.58. The van der Waals surface area contributed by atoms with Gasteiger partial charge in [0.05, 0.1) is 5.92 Å². The summed E-state index contributed by atoms with van der Waals surface area (Å²) in [4.78, 5) is 11.7. The lowest BCUT2D eigenvalue weighted by Crippen LogP contribution is -2.46. The average Bonchev–Trinajstić information content (AvgIpc) is 2.29. The lowest BCUT2D eigenvalue weighted by Gasteiger charge is -2.40. The van der Waals surface area contributed by atoms with E-state index in [4.69, 9.17) is 8.05 Å². The minimum absolute atomic E-state index is 0.00653. The summed E-state index contributed by atoms with van der Waals surface area (Å²) in [7, 11) is 5.03. The third-order valence-electron chi connectivity index (χ3n) is 3.85. The quantitative estimate of drug-likeness (QED) is 0.673. The molecule has 3 nitrogen and oxygen atoms in total. The zero-order chi connectivity index (χ0) is 13.5. The summed E-state index contributed by atoms with van der Waals surface area (Å²) in [5.74, 6) is 0.911.